The SMILES string of the molecule is COc1ccccc1S(=O)(=O)NCC(c1ccccc1)c1c[nH]c2ccccc12. The monoisotopic (exact) mass is 406 g/mol. The largest absolute Gasteiger partial charge is 0.495 e. The van der Waals surface area contributed by atoms with E-state index in [0.717, 1.165) is 22.0 Å². The summed E-state index contributed by atoms with van der Waals surface area (Å²) in [5.41, 5.74) is 3.12. The number of fused-ring (bicyclic) bond motifs is 1. The number of sulfonamides is 1. The van der Waals surface area contributed by atoms with Crippen molar-refractivity contribution in [3.05, 3.63) is 96.2 Å². The number of hydrogen-bond acceptors (Lipinski definition) is 3. The predicted octanol–water partition coefficient (Wildman–Crippen LogP) is 4.29. The lowest BCUT2D eigenvalue weighted by Crippen LogP contribution is -2.29. The fourth-order valence-electron chi connectivity index (χ4n) is 3.59. The molecule has 6 heteroatoms. The van der Waals surface area contributed by atoms with Gasteiger partial charge in [0.05, 0.1) is 7.11 Å². The molecular weight excluding hydrogens is 384 g/mol. The minimum absolute atomic E-state index is 0.133. The van der Waals surface area contributed by atoms with Gasteiger partial charge in [-0.2, -0.15) is 0 Å². The number of para-hydroxylation sites is 2. The summed E-state index contributed by atoms with van der Waals surface area (Å²) in [6.45, 7) is 0.228. The molecule has 29 heavy (non-hydrogen) atoms. The quantitative estimate of drug-likeness (QED) is 0.481. The molecule has 4 aromatic rings. The van der Waals surface area contributed by atoms with Crippen LogP contribution in [-0.4, -0.2) is 27.1 Å². The Kier molecular flexibility index (Phi) is 5.38. The molecule has 0 spiro atoms. The molecule has 0 radical (unpaired) electrons. The summed E-state index contributed by atoms with van der Waals surface area (Å²) in [5, 5.41) is 1.08. The first-order valence-corrected chi connectivity index (χ1v) is 10.8. The van der Waals surface area contributed by atoms with Crippen molar-refractivity contribution in [2.75, 3.05) is 13.7 Å². The van der Waals surface area contributed by atoms with E-state index in [0.29, 0.717) is 5.75 Å². The van der Waals surface area contributed by atoms with Crippen molar-refractivity contribution < 1.29 is 13.2 Å². The van der Waals surface area contributed by atoms with Gasteiger partial charge in [0, 0.05) is 29.6 Å². The zero-order valence-electron chi connectivity index (χ0n) is 16.0. The lowest BCUT2D eigenvalue weighted by Gasteiger charge is -2.19. The van der Waals surface area contributed by atoms with Gasteiger partial charge in [0.25, 0.3) is 0 Å². The van der Waals surface area contributed by atoms with Gasteiger partial charge < -0.3 is 9.72 Å². The molecule has 5 nitrogen and oxygen atoms in total. The van der Waals surface area contributed by atoms with Crippen LogP contribution in [0.15, 0.2) is 90.0 Å². The second kappa shape index (κ2) is 8.11. The van der Waals surface area contributed by atoms with E-state index in [-0.39, 0.29) is 17.4 Å². The van der Waals surface area contributed by atoms with E-state index in [9.17, 15) is 8.42 Å². The third-order valence-corrected chi connectivity index (χ3v) is 6.50. The second-order valence-electron chi connectivity index (χ2n) is 6.76. The van der Waals surface area contributed by atoms with Gasteiger partial charge in [-0.3, -0.25) is 0 Å². The fourth-order valence-corrected chi connectivity index (χ4v) is 4.80. The third-order valence-electron chi connectivity index (χ3n) is 5.03. The van der Waals surface area contributed by atoms with E-state index < -0.39 is 10.0 Å². The maximum absolute atomic E-state index is 13.0. The van der Waals surface area contributed by atoms with Crippen LogP contribution in [0, 0.1) is 0 Å². The van der Waals surface area contributed by atoms with Crippen molar-refractivity contribution in [2.45, 2.75) is 10.8 Å². The number of aromatic amines is 1. The van der Waals surface area contributed by atoms with Crippen LogP contribution in [0.3, 0.4) is 0 Å². The predicted molar refractivity (Wildman–Crippen MR) is 115 cm³/mol. The summed E-state index contributed by atoms with van der Waals surface area (Å²) in [5.74, 6) is 0.181. The number of ether oxygens (including phenoxy) is 1. The molecule has 0 aliphatic carbocycles. The number of H-pyrrole nitrogens is 1. The Labute approximate surface area is 170 Å². The first-order chi connectivity index (χ1) is 14.1. The highest BCUT2D eigenvalue weighted by atomic mass is 32.2. The molecule has 1 unspecified atom stereocenters. The number of methoxy groups -OCH3 is 1. The molecule has 0 bridgehead atoms. The van der Waals surface area contributed by atoms with Gasteiger partial charge in [-0.15, -0.1) is 0 Å². The lowest BCUT2D eigenvalue weighted by atomic mass is 9.91. The van der Waals surface area contributed by atoms with Crippen LogP contribution < -0.4 is 9.46 Å². The summed E-state index contributed by atoms with van der Waals surface area (Å²) in [4.78, 5) is 3.42. The minimum Gasteiger partial charge on any atom is -0.495 e. The summed E-state index contributed by atoms with van der Waals surface area (Å²) < 4.78 is 34.0. The zero-order chi connectivity index (χ0) is 20.3. The molecule has 2 N–H and O–H groups in total. The fraction of sp³-hybridized carbons (Fsp3) is 0.130. The molecule has 0 saturated heterocycles. The van der Waals surface area contributed by atoms with Crippen LogP contribution in [-0.2, 0) is 10.0 Å². The molecule has 0 saturated carbocycles. The number of nitrogens with one attached hydrogen (secondary N) is 2. The van der Waals surface area contributed by atoms with Gasteiger partial charge in [-0.25, -0.2) is 13.1 Å². The van der Waals surface area contributed by atoms with Crippen LogP contribution in [0.25, 0.3) is 10.9 Å². The van der Waals surface area contributed by atoms with Gasteiger partial charge >= 0.3 is 0 Å². The topological polar surface area (TPSA) is 71.2 Å². The van der Waals surface area contributed by atoms with Gasteiger partial charge in [-0.1, -0.05) is 60.7 Å². The van der Waals surface area contributed by atoms with Crippen molar-refractivity contribution in [2.24, 2.45) is 0 Å². The standard InChI is InChI=1S/C23H22N2O3S/c1-28-22-13-7-8-14-23(22)29(26,27)25-16-19(17-9-3-2-4-10-17)20-15-24-21-12-6-5-11-18(20)21/h2-15,19,24-25H,16H2,1H3. The van der Waals surface area contributed by atoms with Crippen molar-refractivity contribution in [3.8, 4) is 5.75 Å². The lowest BCUT2D eigenvalue weighted by molar-refractivity contribution is 0.402. The highest BCUT2D eigenvalue weighted by molar-refractivity contribution is 7.89. The van der Waals surface area contributed by atoms with Gasteiger partial charge in [0.1, 0.15) is 10.6 Å². The average Bonchev–Trinajstić information content (AvgIpc) is 3.18. The Balaban J connectivity index is 1.70. The van der Waals surface area contributed by atoms with Gasteiger partial charge in [0.2, 0.25) is 10.0 Å². The summed E-state index contributed by atoms with van der Waals surface area (Å²) in [6.07, 6.45) is 1.96. The Hall–Kier alpha value is -3.09. The van der Waals surface area contributed by atoms with Gasteiger partial charge in [0.15, 0.2) is 0 Å². The van der Waals surface area contributed by atoms with Crippen molar-refractivity contribution in [3.63, 3.8) is 0 Å². The molecule has 1 heterocycles. The number of hydrogen-bond donors (Lipinski definition) is 2. The molecule has 1 aromatic heterocycles. The van der Waals surface area contributed by atoms with E-state index in [1.807, 2.05) is 60.8 Å². The maximum atomic E-state index is 13.0. The maximum Gasteiger partial charge on any atom is 0.244 e. The third kappa shape index (κ3) is 3.90. The molecule has 0 amide bonds. The first-order valence-electron chi connectivity index (χ1n) is 9.34. The second-order valence-corrected chi connectivity index (χ2v) is 8.49. The normalized spacial score (nSPS) is 12.7. The first kappa shape index (κ1) is 19.2. The number of aromatic nitrogens is 1. The minimum atomic E-state index is -3.74. The summed E-state index contributed by atoms with van der Waals surface area (Å²) >= 11 is 0. The van der Waals surface area contributed by atoms with Crippen LogP contribution in [0.4, 0.5) is 0 Å². The van der Waals surface area contributed by atoms with E-state index in [4.69, 9.17) is 4.74 Å². The molecule has 1 atom stereocenters. The number of benzene rings is 3. The Morgan fingerprint density at radius 1 is 0.931 bits per heavy atom. The highest BCUT2D eigenvalue weighted by Gasteiger charge is 2.23. The summed E-state index contributed by atoms with van der Waals surface area (Å²) in [7, 11) is -2.27. The molecule has 4 rings (SSSR count). The smallest absolute Gasteiger partial charge is 0.244 e. The van der Waals surface area contributed by atoms with Crippen molar-refractivity contribution >= 4 is 20.9 Å². The molecule has 0 aliphatic heterocycles. The Morgan fingerprint density at radius 3 is 2.41 bits per heavy atom. The zero-order valence-corrected chi connectivity index (χ0v) is 16.8. The highest BCUT2D eigenvalue weighted by Crippen LogP contribution is 2.31. The summed E-state index contributed by atoms with van der Waals surface area (Å²) in [6, 6.07) is 24.6. The molecule has 3 aromatic carbocycles. The van der Waals surface area contributed by atoms with E-state index in [1.165, 1.54) is 7.11 Å². The molecule has 0 aliphatic rings. The van der Waals surface area contributed by atoms with E-state index >= 15 is 0 Å². The molecule has 0 fully saturated rings. The Bertz CT molecular complexity index is 1220. The Morgan fingerprint density at radius 2 is 1.62 bits per heavy atom. The number of rotatable bonds is 7. The molecular formula is C23H22N2O3S. The van der Waals surface area contributed by atoms with Crippen molar-refractivity contribution in [1.82, 2.24) is 9.71 Å². The van der Waals surface area contributed by atoms with Crippen LogP contribution in [0.5, 0.6) is 5.75 Å². The van der Waals surface area contributed by atoms with Crippen LogP contribution in [0.1, 0.15) is 17.0 Å². The van der Waals surface area contributed by atoms with E-state index in [2.05, 4.69) is 9.71 Å². The van der Waals surface area contributed by atoms with Gasteiger partial charge in [-0.05, 0) is 29.3 Å². The van der Waals surface area contributed by atoms with Crippen molar-refractivity contribution in [1.29, 1.82) is 0 Å². The van der Waals surface area contributed by atoms with E-state index in [1.54, 1.807) is 24.3 Å². The molecule has 148 valence electrons. The van der Waals surface area contributed by atoms with Crippen LogP contribution >= 0.6 is 0 Å². The van der Waals surface area contributed by atoms with Crippen LogP contribution in [0.2, 0.25) is 0 Å². The average molecular weight is 407 g/mol.